The quantitative estimate of drug-likeness (QED) is 0.645. The second-order valence-corrected chi connectivity index (χ2v) is 7.33. The predicted molar refractivity (Wildman–Crippen MR) is 112 cm³/mol. The molecule has 0 saturated carbocycles. The van der Waals surface area contributed by atoms with Gasteiger partial charge < -0.3 is 9.88 Å². The van der Waals surface area contributed by atoms with Crippen LogP contribution in [0.4, 0.5) is 18.9 Å². The van der Waals surface area contributed by atoms with Crippen molar-refractivity contribution in [3.8, 4) is 0 Å². The lowest BCUT2D eigenvalue weighted by atomic mass is 10.1. The molecule has 1 aliphatic rings. The Morgan fingerprint density at radius 2 is 1.57 bits per heavy atom. The first-order valence-corrected chi connectivity index (χ1v) is 9.89. The highest BCUT2D eigenvalue weighted by Gasteiger charge is 2.35. The first-order valence-electron chi connectivity index (χ1n) is 9.89. The van der Waals surface area contributed by atoms with E-state index in [0.717, 1.165) is 17.1 Å². The zero-order valence-corrected chi connectivity index (χ0v) is 16.4. The number of benzene rings is 2. The Hall–Kier alpha value is -3.00. The Morgan fingerprint density at radius 3 is 2.33 bits per heavy atom. The zero-order valence-electron chi connectivity index (χ0n) is 16.4. The van der Waals surface area contributed by atoms with E-state index in [2.05, 4.69) is 9.88 Å². The van der Waals surface area contributed by atoms with Crippen molar-refractivity contribution in [3.05, 3.63) is 76.7 Å². The lowest BCUT2D eigenvalue weighted by molar-refractivity contribution is -0.137. The van der Waals surface area contributed by atoms with Gasteiger partial charge in [-0.2, -0.15) is 13.2 Å². The number of anilines is 1. The van der Waals surface area contributed by atoms with Gasteiger partial charge in [0.05, 0.1) is 16.6 Å². The lowest BCUT2D eigenvalue weighted by Crippen LogP contribution is -2.46. The van der Waals surface area contributed by atoms with Gasteiger partial charge >= 0.3 is 11.9 Å². The van der Waals surface area contributed by atoms with Gasteiger partial charge in [-0.3, -0.25) is 9.47 Å². The highest BCUT2D eigenvalue weighted by molar-refractivity contribution is 5.74. The van der Waals surface area contributed by atoms with Crippen molar-refractivity contribution in [3.63, 3.8) is 0 Å². The van der Waals surface area contributed by atoms with Crippen molar-refractivity contribution in [1.82, 2.24) is 14.5 Å². The molecule has 2 aromatic carbocycles. The molecule has 8 heteroatoms. The topological polar surface area (TPSA) is 44.3 Å². The fraction of sp³-hybridized carbons (Fsp3) is 0.318. The van der Waals surface area contributed by atoms with Gasteiger partial charge in [0, 0.05) is 45.0 Å². The van der Waals surface area contributed by atoms with E-state index in [1.165, 1.54) is 12.1 Å². The van der Waals surface area contributed by atoms with E-state index in [4.69, 9.17) is 0 Å². The van der Waals surface area contributed by atoms with Crippen LogP contribution in [0.3, 0.4) is 0 Å². The van der Waals surface area contributed by atoms with E-state index in [-0.39, 0.29) is 11.4 Å². The Morgan fingerprint density at radius 1 is 0.900 bits per heavy atom. The number of aromatic amines is 1. The van der Waals surface area contributed by atoms with E-state index >= 15 is 0 Å². The molecule has 158 valence electrons. The number of imidazole rings is 1. The van der Waals surface area contributed by atoms with Crippen LogP contribution in [-0.2, 0) is 12.7 Å². The largest absolute Gasteiger partial charge is 0.418 e. The number of para-hydroxylation sites is 3. The number of aromatic nitrogens is 2. The average molecular weight is 416 g/mol. The summed E-state index contributed by atoms with van der Waals surface area (Å²) in [4.78, 5) is 18.9. The smallest absolute Gasteiger partial charge is 0.368 e. The number of halogens is 3. The second kappa shape index (κ2) is 8.39. The van der Waals surface area contributed by atoms with Crippen molar-refractivity contribution >= 4 is 16.7 Å². The van der Waals surface area contributed by atoms with Gasteiger partial charge in [0.15, 0.2) is 0 Å². The summed E-state index contributed by atoms with van der Waals surface area (Å²) >= 11 is 0. The standard InChI is InChI=1S/C22H23F3N4O/c23-22(24,25)17-7-1-3-9-19(17)28-15-13-27(14-16-28)11-5-6-12-29-20-10-4-2-8-18(20)26-21(29)30/h1-10H,11-16H2,(H,26,30)/b6-5+. The number of nitrogens with zero attached hydrogens (tertiary/aromatic N) is 3. The molecule has 1 fully saturated rings. The molecule has 1 aromatic heterocycles. The minimum absolute atomic E-state index is 0.141. The molecule has 0 amide bonds. The first-order chi connectivity index (χ1) is 14.4. The number of piperazine rings is 1. The van der Waals surface area contributed by atoms with Gasteiger partial charge in [0.1, 0.15) is 0 Å². The maximum Gasteiger partial charge on any atom is 0.418 e. The van der Waals surface area contributed by atoms with E-state index in [0.29, 0.717) is 39.3 Å². The van der Waals surface area contributed by atoms with Crippen LogP contribution in [0.25, 0.3) is 11.0 Å². The molecule has 30 heavy (non-hydrogen) atoms. The molecule has 5 nitrogen and oxygen atoms in total. The molecule has 2 heterocycles. The summed E-state index contributed by atoms with van der Waals surface area (Å²) < 4.78 is 41.4. The predicted octanol–water partition coefficient (Wildman–Crippen LogP) is 3.73. The van der Waals surface area contributed by atoms with Crippen molar-refractivity contribution < 1.29 is 13.2 Å². The van der Waals surface area contributed by atoms with Gasteiger partial charge in [-0.05, 0) is 24.3 Å². The molecular formula is C22H23F3N4O. The number of rotatable bonds is 5. The molecule has 3 aromatic rings. The van der Waals surface area contributed by atoms with Crippen LogP contribution >= 0.6 is 0 Å². The number of nitrogens with one attached hydrogen (secondary N) is 1. The van der Waals surface area contributed by atoms with Crippen molar-refractivity contribution in [2.75, 3.05) is 37.6 Å². The number of alkyl halides is 3. The third-order valence-electron chi connectivity index (χ3n) is 5.42. The molecule has 0 aliphatic carbocycles. The Bertz CT molecular complexity index is 1090. The summed E-state index contributed by atoms with van der Waals surface area (Å²) in [7, 11) is 0. The van der Waals surface area contributed by atoms with E-state index in [1.54, 1.807) is 15.5 Å². The van der Waals surface area contributed by atoms with Crippen LogP contribution in [-0.4, -0.2) is 47.2 Å². The molecule has 0 atom stereocenters. The van der Waals surface area contributed by atoms with E-state index in [1.807, 2.05) is 36.4 Å². The second-order valence-electron chi connectivity index (χ2n) is 7.33. The SMILES string of the molecule is O=c1[nH]c2ccccc2n1C/C=C/CN1CCN(c2ccccc2C(F)(F)F)CC1. The monoisotopic (exact) mass is 416 g/mol. The van der Waals surface area contributed by atoms with Gasteiger partial charge in [-0.15, -0.1) is 0 Å². The highest BCUT2D eigenvalue weighted by atomic mass is 19.4. The minimum atomic E-state index is -4.35. The van der Waals surface area contributed by atoms with Crippen LogP contribution in [0.15, 0.2) is 65.5 Å². The molecule has 0 unspecified atom stereocenters. The van der Waals surface area contributed by atoms with E-state index in [9.17, 15) is 18.0 Å². The third kappa shape index (κ3) is 4.28. The summed E-state index contributed by atoms with van der Waals surface area (Å²) in [5, 5.41) is 0. The average Bonchev–Trinajstić information content (AvgIpc) is 3.06. The van der Waals surface area contributed by atoms with Crippen molar-refractivity contribution in [2.24, 2.45) is 0 Å². The highest BCUT2D eigenvalue weighted by Crippen LogP contribution is 2.36. The van der Waals surface area contributed by atoms with E-state index < -0.39 is 11.7 Å². The number of fused-ring (bicyclic) bond motifs is 1. The third-order valence-corrected chi connectivity index (χ3v) is 5.42. The maximum atomic E-state index is 13.3. The fourth-order valence-electron chi connectivity index (χ4n) is 3.85. The zero-order chi connectivity index (χ0) is 21.1. The molecule has 0 bridgehead atoms. The summed E-state index contributed by atoms with van der Waals surface area (Å²) in [5.41, 5.74) is 1.20. The Balaban J connectivity index is 1.33. The molecule has 0 spiro atoms. The molecule has 1 aliphatic heterocycles. The first kappa shape index (κ1) is 20.3. The van der Waals surface area contributed by atoms with Gasteiger partial charge in [-0.1, -0.05) is 36.4 Å². The maximum absolute atomic E-state index is 13.3. The lowest BCUT2D eigenvalue weighted by Gasteiger charge is -2.36. The summed E-state index contributed by atoms with van der Waals surface area (Å²) in [5.74, 6) is 0. The van der Waals surface area contributed by atoms with Crippen LogP contribution in [0.5, 0.6) is 0 Å². The number of H-pyrrole nitrogens is 1. The molecular weight excluding hydrogens is 393 g/mol. The Kier molecular flexibility index (Phi) is 5.67. The van der Waals surface area contributed by atoms with Crippen LogP contribution in [0.2, 0.25) is 0 Å². The van der Waals surface area contributed by atoms with Crippen LogP contribution in [0, 0.1) is 0 Å². The van der Waals surface area contributed by atoms with Crippen LogP contribution < -0.4 is 10.6 Å². The fourth-order valence-corrected chi connectivity index (χ4v) is 3.85. The van der Waals surface area contributed by atoms with Crippen molar-refractivity contribution in [2.45, 2.75) is 12.7 Å². The van der Waals surface area contributed by atoms with Gasteiger partial charge in [0.2, 0.25) is 0 Å². The van der Waals surface area contributed by atoms with Crippen molar-refractivity contribution in [1.29, 1.82) is 0 Å². The summed E-state index contributed by atoms with van der Waals surface area (Å²) in [6.07, 6.45) is -0.391. The number of hydrogen-bond donors (Lipinski definition) is 1. The Labute approximate surface area is 172 Å². The number of allylic oxidation sites excluding steroid dienone is 1. The molecule has 1 saturated heterocycles. The van der Waals surface area contributed by atoms with Gasteiger partial charge in [-0.25, -0.2) is 4.79 Å². The molecule has 1 N–H and O–H groups in total. The van der Waals surface area contributed by atoms with Crippen LogP contribution in [0.1, 0.15) is 5.56 Å². The normalized spacial score (nSPS) is 16.0. The minimum Gasteiger partial charge on any atom is -0.368 e. The summed E-state index contributed by atoms with van der Waals surface area (Å²) in [6, 6.07) is 13.3. The summed E-state index contributed by atoms with van der Waals surface area (Å²) in [6.45, 7) is 3.63. The molecule has 4 rings (SSSR count). The molecule has 0 radical (unpaired) electrons. The number of hydrogen-bond acceptors (Lipinski definition) is 3. The van der Waals surface area contributed by atoms with Gasteiger partial charge in [0.25, 0.3) is 0 Å².